The van der Waals surface area contributed by atoms with E-state index in [1.165, 1.54) is 204 Å². The zero-order valence-corrected chi connectivity index (χ0v) is 86.8. The molecular weight excluding hydrogens is 1780 g/mol. The van der Waals surface area contributed by atoms with E-state index in [0.717, 1.165) is 112 Å². The first kappa shape index (κ1) is 109. The number of fused-ring (bicyclic) bond motifs is 1. The van der Waals surface area contributed by atoms with Gasteiger partial charge in [-0.2, -0.15) is 0 Å². The van der Waals surface area contributed by atoms with E-state index in [9.17, 15) is 29.1 Å². The summed E-state index contributed by atoms with van der Waals surface area (Å²) in [7, 11) is 1.68. The molecule has 8 N–H and O–H groups in total. The molecule has 0 heterocycles. The topological polar surface area (TPSA) is 245 Å². The number of carbonyl (C=O) groups is 5. The highest BCUT2D eigenvalue weighted by atomic mass is 16.5. The van der Waals surface area contributed by atoms with Gasteiger partial charge in [0.25, 0.3) is 0 Å². The van der Waals surface area contributed by atoms with E-state index >= 15 is 0 Å². The van der Waals surface area contributed by atoms with E-state index in [0.29, 0.717) is 105 Å². The minimum Gasteiger partial charge on any atom is -0.497 e. The molecule has 0 atom stereocenters. The van der Waals surface area contributed by atoms with Crippen LogP contribution >= 0.6 is 0 Å². The van der Waals surface area contributed by atoms with Gasteiger partial charge in [0, 0.05) is 61.9 Å². The van der Waals surface area contributed by atoms with E-state index in [1.807, 2.05) is 168 Å². The number of aliphatic hydroxyl groups excluding tert-OH is 1. The predicted molar refractivity (Wildman–Crippen MR) is 586 cm³/mol. The molecule has 0 aliphatic heterocycles. The van der Waals surface area contributed by atoms with Gasteiger partial charge in [0.15, 0.2) is 0 Å². The number of hydrogen-bond donors (Lipinski definition) is 8. The van der Waals surface area contributed by atoms with Crippen LogP contribution in [0.1, 0.15) is 317 Å². The highest BCUT2D eigenvalue weighted by Gasteiger charge is 2.31. The summed E-state index contributed by atoms with van der Waals surface area (Å²) in [5.74, 6) is 2.50. The Labute approximate surface area is 852 Å². The van der Waals surface area contributed by atoms with E-state index in [-0.39, 0.29) is 36.5 Å². The Morgan fingerprint density at radius 1 is 0.301 bits per heavy atom. The Bertz CT molecular complexity index is 5750. The molecule has 5 saturated carbocycles. The molecule has 0 amide bonds. The van der Waals surface area contributed by atoms with Crippen LogP contribution in [0.15, 0.2) is 237 Å². The summed E-state index contributed by atoms with van der Waals surface area (Å²) in [6.07, 6.45) is 34.3. The first-order chi connectivity index (χ1) is 69.6. The number of anilines is 7. The third kappa shape index (κ3) is 35.7. The number of aliphatic hydroxyl groups is 1. The quantitative estimate of drug-likeness (QED) is 0.0133. The minimum atomic E-state index is -0.282. The molecule has 0 spiro atoms. The second kappa shape index (κ2) is 58.2. The number of ether oxygens (including phenoxy) is 6. The monoisotopic (exact) mass is 1940 g/mol. The van der Waals surface area contributed by atoms with E-state index in [2.05, 4.69) is 168 Å². The van der Waals surface area contributed by atoms with E-state index in [4.69, 9.17) is 28.4 Å². The lowest BCUT2D eigenvalue weighted by Crippen LogP contribution is -2.31. The maximum absolute atomic E-state index is 12.2. The van der Waals surface area contributed by atoms with Gasteiger partial charge in [-0.25, -0.2) is 24.0 Å². The Morgan fingerprint density at radius 3 is 1.01 bits per heavy atom. The van der Waals surface area contributed by atoms with Crippen molar-refractivity contribution < 1.29 is 57.5 Å². The molecule has 0 radical (unpaired) electrons. The Morgan fingerprint density at radius 2 is 0.622 bits per heavy atom. The molecule has 0 unspecified atom stereocenters. The average molecular weight is 1940 g/mol. The molecule has 11 aromatic carbocycles. The fourth-order valence-electron chi connectivity index (χ4n) is 20.2. The van der Waals surface area contributed by atoms with Gasteiger partial charge in [-0.3, -0.25) is 0 Å². The van der Waals surface area contributed by atoms with Crippen molar-refractivity contribution in [3.8, 4) is 5.75 Å². The van der Waals surface area contributed by atoms with Crippen LogP contribution in [-0.4, -0.2) is 87.2 Å². The number of aryl methyl sites for hydroxylation is 1. The van der Waals surface area contributed by atoms with Gasteiger partial charge in [0.2, 0.25) is 0 Å². The number of benzene rings is 11. The molecule has 19 heteroatoms. The molecule has 5 aliphatic rings. The standard InChI is InChI=1S/C26H30N2O2.C26H36N2O2.2C24H31NO3.C24H31NO2/c1-2-30-26(29)22-14-15-24(28-23-10-4-3-5-11-23)25(17-22)27-18-19-12-13-20-8-6-7-9-21(20)16-19;1-5-30-25(29)20-11-16-23(24(17-20)27-18-19-9-7-6-8-10-19)28-22-14-12-21(13-15-22)26(2,3)4;1-3-28-24(26)21-13-12-20(14-18-8-5-4-6-9-18)23(16-21)25-17-19-10-7-11-22(15-19)27-2;1-2-28-24(27)22-13-12-21(14-18-6-4-3-5-7-18)23(15-22)25-16-19-8-10-20(17-26)11-9-19;1-3-27-24(26)22-14-13-21(15-19-7-5-4-6-8-19)23(16-22)25-17-20-11-9-18(2)10-12-20/h6-9,12-17,23,27-28H,2-5,10-11,18H2,1H3;6-11,16-17,21-22,27-28H,5,12-15,18H2,1-4H3;7,10-13,15-16,18,25H,3-6,8-9,14,17H2,1-2H3;8-13,15,18,25-26H,2-7,14,16-17H2,1H3;9-14,16,19,25H,3-8,15,17H2,1-2H3. The van der Waals surface area contributed by atoms with Crippen molar-refractivity contribution in [3.05, 3.63) is 320 Å². The highest BCUT2D eigenvalue weighted by Crippen LogP contribution is 2.41. The largest absolute Gasteiger partial charge is 0.497 e. The normalized spacial score (nSPS) is 15.5. The van der Waals surface area contributed by atoms with Crippen molar-refractivity contribution in [1.29, 1.82) is 0 Å². The molecular formula is C124H159N7O12. The first-order valence-corrected chi connectivity index (χ1v) is 53.3. The summed E-state index contributed by atoms with van der Waals surface area (Å²) >= 11 is 0. The van der Waals surface area contributed by atoms with Crippen LogP contribution in [0.25, 0.3) is 10.8 Å². The van der Waals surface area contributed by atoms with Crippen LogP contribution in [-0.2, 0) is 82.3 Å². The zero-order chi connectivity index (χ0) is 101. The van der Waals surface area contributed by atoms with Crippen LogP contribution in [0.2, 0.25) is 0 Å². The molecule has 143 heavy (non-hydrogen) atoms. The number of rotatable bonds is 37. The molecule has 5 fully saturated rings. The predicted octanol–water partition coefficient (Wildman–Crippen LogP) is 29.5. The van der Waals surface area contributed by atoms with E-state index in [1.54, 1.807) is 7.11 Å². The third-order valence-corrected chi connectivity index (χ3v) is 28.4. The second-order valence-corrected chi connectivity index (χ2v) is 40.1. The van der Waals surface area contributed by atoms with Crippen molar-refractivity contribution in [2.75, 3.05) is 77.4 Å². The Hall–Kier alpha value is -12.6. The lowest BCUT2D eigenvalue weighted by atomic mass is 9.71. The number of esters is 5. The van der Waals surface area contributed by atoms with Crippen molar-refractivity contribution in [2.24, 2.45) is 29.1 Å². The second-order valence-electron chi connectivity index (χ2n) is 40.1. The van der Waals surface area contributed by atoms with Crippen LogP contribution in [0, 0.1) is 36.0 Å². The zero-order valence-electron chi connectivity index (χ0n) is 86.8. The number of nitrogens with one attached hydrogen (secondary N) is 7. The molecule has 762 valence electrons. The summed E-state index contributed by atoms with van der Waals surface area (Å²) in [6.45, 7) is 23.8. The van der Waals surface area contributed by atoms with Gasteiger partial charge in [-0.15, -0.1) is 0 Å². The molecule has 5 aliphatic carbocycles. The van der Waals surface area contributed by atoms with E-state index < -0.39 is 0 Å². The summed E-state index contributed by atoms with van der Waals surface area (Å²) in [6, 6.07) is 80.0. The highest BCUT2D eigenvalue weighted by molar-refractivity contribution is 5.95. The van der Waals surface area contributed by atoms with Crippen molar-refractivity contribution in [1.82, 2.24) is 0 Å². The molecule has 0 saturated heterocycles. The SMILES string of the molecule is CCOC(=O)c1ccc(CC2CCCCC2)c(NCc2ccc(C)cc2)c1.CCOC(=O)c1ccc(CC2CCCCC2)c(NCc2ccc(CO)cc2)c1.CCOC(=O)c1ccc(CC2CCCCC2)c(NCc2cccc(OC)c2)c1.CCOC(=O)c1ccc(NC2CCC(C(C)(C)C)CC2)c(NCc2ccccc2)c1.CCOC(=O)c1ccc(NC2CCCCC2)c(NCc2ccc3ccccc3c2)c1. The third-order valence-electron chi connectivity index (χ3n) is 28.4. The minimum absolute atomic E-state index is 0.0564. The Kier molecular flexibility index (Phi) is 44.5. The lowest BCUT2D eigenvalue weighted by molar-refractivity contribution is 0.0517. The van der Waals surface area contributed by atoms with Gasteiger partial charge in [-0.05, 0) is 280 Å². The fraction of sp³-hybridized carbons (Fsp3) is 0.444. The number of methoxy groups -OCH3 is 1. The maximum atomic E-state index is 12.2. The maximum Gasteiger partial charge on any atom is 0.338 e. The van der Waals surface area contributed by atoms with Gasteiger partial charge in [-0.1, -0.05) is 288 Å². The van der Waals surface area contributed by atoms with Crippen molar-refractivity contribution in [2.45, 2.75) is 287 Å². The summed E-state index contributed by atoms with van der Waals surface area (Å²) < 4.78 is 31.2. The fourth-order valence-corrected chi connectivity index (χ4v) is 20.2. The molecule has 16 rings (SSSR count). The number of hydrogen-bond acceptors (Lipinski definition) is 19. The molecule has 11 aromatic rings. The molecule has 19 nitrogen and oxygen atoms in total. The molecule has 0 bridgehead atoms. The average Bonchev–Trinajstić information content (AvgIpc) is 0.839. The van der Waals surface area contributed by atoms with Gasteiger partial charge in [0.05, 0.1) is 97.3 Å². The Balaban J connectivity index is 0.000000160. The number of carbonyl (C=O) groups excluding carboxylic acids is 5. The summed E-state index contributed by atoms with van der Waals surface area (Å²) in [4.78, 5) is 61.0. The lowest BCUT2D eigenvalue weighted by Gasteiger charge is -2.37. The van der Waals surface area contributed by atoms with Crippen LogP contribution in [0.4, 0.5) is 39.8 Å². The first-order valence-electron chi connectivity index (χ1n) is 53.3. The van der Waals surface area contributed by atoms with Crippen molar-refractivity contribution in [3.63, 3.8) is 0 Å². The van der Waals surface area contributed by atoms with Gasteiger partial charge in [0.1, 0.15) is 5.75 Å². The smallest absolute Gasteiger partial charge is 0.338 e. The van der Waals surface area contributed by atoms with Gasteiger partial charge >= 0.3 is 29.8 Å². The van der Waals surface area contributed by atoms with Gasteiger partial charge < -0.3 is 70.7 Å². The molecule has 0 aromatic heterocycles. The van der Waals surface area contributed by atoms with Crippen molar-refractivity contribution >= 4 is 80.4 Å². The van der Waals surface area contributed by atoms with Crippen LogP contribution in [0.5, 0.6) is 5.75 Å². The summed E-state index contributed by atoms with van der Waals surface area (Å²) in [5.41, 5.74) is 22.4. The summed E-state index contributed by atoms with van der Waals surface area (Å²) in [5, 5.41) is 36.8. The van der Waals surface area contributed by atoms with Crippen LogP contribution in [0.3, 0.4) is 0 Å². The van der Waals surface area contributed by atoms with Crippen LogP contribution < -0.4 is 42.0 Å².